The third-order valence-electron chi connectivity index (χ3n) is 2.29. The summed E-state index contributed by atoms with van der Waals surface area (Å²) in [6.07, 6.45) is 6.40. The van der Waals surface area contributed by atoms with Crippen LogP contribution in [0.1, 0.15) is 19.3 Å². The smallest absolute Gasteiger partial charge is 0.328 e. The lowest BCUT2D eigenvalue weighted by Crippen LogP contribution is -2.27. The molecule has 1 aromatic heterocycles. The number of rotatable bonds is 3. The molecule has 0 amide bonds. The highest BCUT2D eigenvalue weighted by molar-refractivity contribution is 5.69. The molecule has 0 spiro atoms. The zero-order valence-corrected chi connectivity index (χ0v) is 7.85. The Morgan fingerprint density at radius 2 is 2.50 bits per heavy atom. The maximum atomic E-state index is 11.3. The molecular formula is C9H13N3O2. The quantitative estimate of drug-likeness (QED) is 0.715. The van der Waals surface area contributed by atoms with E-state index in [9.17, 15) is 4.79 Å². The van der Waals surface area contributed by atoms with Crippen LogP contribution in [-0.2, 0) is 16.1 Å². The minimum Gasteiger partial charge on any atom is -0.461 e. The zero-order valence-electron chi connectivity index (χ0n) is 7.85. The van der Waals surface area contributed by atoms with Crippen LogP contribution in [0.15, 0.2) is 12.4 Å². The molecule has 76 valence electrons. The molecule has 0 radical (unpaired) electrons. The number of anilines is 1. The van der Waals surface area contributed by atoms with E-state index in [1.54, 1.807) is 6.20 Å². The van der Waals surface area contributed by atoms with E-state index in [4.69, 9.17) is 10.5 Å². The van der Waals surface area contributed by atoms with Crippen molar-refractivity contribution in [3.8, 4) is 0 Å². The number of hydrogen-bond donors (Lipinski definition) is 1. The van der Waals surface area contributed by atoms with Gasteiger partial charge >= 0.3 is 5.97 Å². The van der Waals surface area contributed by atoms with Crippen molar-refractivity contribution in [3.63, 3.8) is 0 Å². The second-order valence-electron chi connectivity index (χ2n) is 3.51. The standard InChI is InChI=1S/C9H13N3O2/c10-7-4-11-12(5-7)6-9(13)14-8-2-1-3-8/h4-5,8H,1-3,6,10H2. The van der Waals surface area contributed by atoms with Gasteiger partial charge in [0.05, 0.1) is 11.9 Å². The molecule has 0 bridgehead atoms. The third-order valence-corrected chi connectivity index (χ3v) is 2.29. The summed E-state index contributed by atoms with van der Waals surface area (Å²) < 4.78 is 6.64. The molecule has 5 heteroatoms. The van der Waals surface area contributed by atoms with Crippen LogP contribution < -0.4 is 5.73 Å². The van der Waals surface area contributed by atoms with Crippen LogP contribution in [0.3, 0.4) is 0 Å². The number of nitrogen functional groups attached to an aromatic ring is 1. The Labute approximate surface area is 81.8 Å². The van der Waals surface area contributed by atoms with Crippen molar-refractivity contribution in [2.45, 2.75) is 31.9 Å². The summed E-state index contributed by atoms with van der Waals surface area (Å²) in [5.74, 6) is -0.238. The van der Waals surface area contributed by atoms with Crippen molar-refractivity contribution in [3.05, 3.63) is 12.4 Å². The van der Waals surface area contributed by atoms with Crippen molar-refractivity contribution in [2.24, 2.45) is 0 Å². The second kappa shape index (κ2) is 3.69. The van der Waals surface area contributed by atoms with E-state index in [0.29, 0.717) is 5.69 Å². The molecule has 0 aromatic carbocycles. The summed E-state index contributed by atoms with van der Waals surface area (Å²) in [7, 11) is 0. The summed E-state index contributed by atoms with van der Waals surface area (Å²) in [6.45, 7) is 0.147. The molecule has 5 nitrogen and oxygen atoms in total. The van der Waals surface area contributed by atoms with Crippen molar-refractivity contribution in [1.82, 2.24) is 9.78 Å². The Morgan fingerprint density at radius 3 is 3.00 bits per heavy atom. The van der Waals surface area contributed by atoms with Crippen LogP contribution in [0.25, 0.3) is 0 Å². The predicted octanol–water partition coefficient (Wildman–Crippen LogP) is 0.561. The number of nitrogens with zero attached hydrogens (tertiary/aromatic N) is 2. The third kappa shape index (κ3) is 2.04. The van der Waals surface area contributed by atoms with E-state index < -0.39 is 0 Å². The molecule has 0 saturated heterocycles. The molecule has 1 saturated carbocycles. The minimum atomic E-state index is -0.238. The fourth-order valence-corrected chi connectivity index (χ4v) is 1.31. The van der Waals surface area contributed by atoms with Crippen LogP contribution in [0.2, 0.25) is 0 Å². The topological polar surface area (TPSA) is 70.1 Å². The van der Waals surface area contributed by atoms with Crippen molar-refractivity contribution in [1.29, 1.82) is 0 Å². The number of esters is 1. The molecule has 1 heterocycles. The Hall–Kier alpha value is -1.52. The lowest BCUT2D eigenvalue weighted by molar-refractivity contribution is -0.153. The molecule has 1 aliphatic carbocycles. The van der Waals surface area contributed by atoms with Gasteiger partial charge in [0, 0.05) is 6.20 Å². The maximum absolute atomic E-state index is 11.3. The van der Waals surface area contributed by atoms with Gasteiger partial charge < -0.3 is 10.5 Å². The summed E-state index contributed by atoms with van der Waals surface area (Å²) in [4.78, 5) is 11.3. The summed E-state index contributed by atoms with van der Waals surface area (Å²) in [5, 5.41) is 3.90. The first-order valence-corrected chi connectivity index (χ1v) is 4.71. The molecule has 0 atom stereocenters. The minimum absolute atomic E-state index is 0.135. The second-order valence-corrected chi connectivity index (χ2v) is 3.51. The van der Waals surface area contributed by atoms with Gasteiger partial charge in [-0.05, 0) is 19.3 Å². The highest BCUT2D eigenvalue weighted by Gasteiger charge is 2.21. The Balaban J connectivity index is 1.81. The lowest BCUT2D eigenvalue weighted by atomic mass is 9.96. The number of ether oxygens (including phenoxy) is 1. The van der Waals surface area contributed by atoms with Gasteiger partial charge in [0.15, 0.2) is 0 Å². The SMILES string of the molecule is Nc1cnn(CC(=O)OC2CCC2)c1. The monoisotopic (exact) mass is 195 g/mol. The number of aromatic nitrogens is 2. The molecule has 0 aliphatic heterocycles. The molecule has 0 unspecified atom stereocenters. The number of hydrogen-bond acceptors (Lipinski definition) is 4. The largest absolute Gasteiger partial charge is 0.461 e. The Kier molecular flexibility index (Phi) is 2.39. The van der Waals surface area contributed by atoms with Crippen LogP contribution in [-0.4, -0.2) is 21.9 Å². The fraction of sp³-hybridized carbons (Fsp3) is 0.556. The van der Waals surface area contributed by atoms with E-state index >= 15 is 0 Å². The van der Waals surface area contributed by atoms with Gasteiger partial charge in [-0.3, -0.25) is 9.48 Å². The van der Waals surface area contributed by atoms with Crippen molar-refractivity contribution >= 4 is 11.7 Å². The van der Waals surface area contributed by atoms with E-state index in [-0.39, 0.29) is 18.6 Å². The van der Waals surface area contributed by atoms with Gasteiger partial charge in [-0.2, -0.15) is 5.10 Å². The molecule has 2 N–H and O–H groups in total. The van der Waals surface area contributed by atoms with Gasteiger partial charge in [-0.15, -0.1) is 0 Å². The normalized spacial score (nSPS) is 16.3. The molecular weight excluding hydrogens is 182 g/mol. The van der Waals surface area contributed by atoms with E-state index in [1.165, 1.54) is 10.9 Å². The van der Waals surface area contributed by atoms with Crippen LogP contribution in [0.5, 0.6) is 0 Å². The summed E-state index contributed by atoms with van der Waals surface area (Å²) in [5.41, 5.74) is 6.01. The highest BCUT2D eigenvalue weighted by atomic mass is 16.5. The summed E-state index contributed by atoms with van der Waals surface area (Å²) in [6, 6.07) is 0. The molecule has 2 rings (SSSR count). The first-order valence-electron chi connectivity index (χ1n) is 4.71. The van der Waals surface area contributed by atoms with Crippen LogP contribution >= 0.6 is 0 Å². The van der Waals surface area contributed by atoms with Gasteiger partial charge in [0.1, 0.15) is 12.6 Å². The Bertz CT molecular complexity index is 331. The van der Waals surface area contributed by atoms with Crippen molar-refractivity contribution < 1.29 is 9.53 Å². The highest BCUT2D eigenvalue weighted by Crippen LogP contribution is 2.21. The number of nitrogens with two attached hydrogens (primary N) is 1. The first-order chi connectivity index (χ1) is 6.74. The van der Waals surface area contributed by atoms with Gasteiger partial charge in [-0.1, -0.05) is 0 Å². The average molecular weight is 195 g/mol. The average Bonchev–Trinajstić information content (AvgIpc) is 2.44. The fourth-order valence-electron chi connectivity index (χ4n) is 1.31. The van der Waals surface area contributed by atoms with E-state index in [2.05, 4.69) is 5.10 Å². The Morgan fingerprint density at radius 1 is 1.71 bits per heavy atom. The molecule has 1 aromatic rings. The van der Waals surface area contributed by atoms with Gasteiger partial charge in [-0.25, -0.2) is 0 Å². The van der Waals surface area contributed by atoms with E-state index in [0.717, 1.165) is 19.3 Å². The van der Waals surface area contributed by atoms with Crippen molar-refractivity contribution in [2.75, 3.05) is 5.73 Å². The zero-order chi connectivity index (χ0) is 9.97. The molecule has 14 heavy (non-hydrogen) atoms. The first kappa shape index (κ1) is 9.05. The lowest BCUT2D eigenvalue weighted by Gasteiger charge is -2.24. The van der Waals surface area contributed by atoms with Gasteiger partial charge in [0.25, 0.3) is 0 Å². The summed E-state index contributed by atoms with van der Waals surface area (Å²) >= 11 is 0. The van der Waals surface area contributed by atoms with Crippen LogP contribution in [0, 0.1) is 0 Å². The number of carbonyl (C=O) groups is 1. The number of carbonyl (C=O) groups excluding carboxylic acids is 1. The predicted molar refractivity (Wildman–Crippen MR) is 50.4 cm³/mol. The maximum Gasteiger partial charge on any atom is 0.328 e. The van der Waals surface area contributed by atoms with Gasteiger partial charge in [0.2, 0.25) is 0 Å². The molecule has 1 fully saturated rings. The van der Waals surface area contributed by atoms with E-state index in [1.807, 2.05) is 0 Å². The van der Waals surface area contributed by atoms with Crippen LogP contribution in [0.4, 0.5) is 5.69 Å². The molecule has 1 aliphatic rings.